The minimum absolute atomic E-state index is 0.0749. The number of benzene rings is 2. The first-order valence-electron chi connectivity index (χ1n) is 11.1. The maximum atomic E-state index is 13.4. The molecule has 0 saturated heterocycles. The number of carbonyl (C=O) groups is 1. The summed E-state index contributed by atoms with van der Waals surface area (Å²) < 4.78 is 0. The van der Waals surface area contributed by atoms with E-state index in [1.165, 1.54) is 12.0 Å². The molecule has 0 aliphatic heterocycles. The second-order valence-electron chi connectivity index (χ2n) is 8.81. The van der Waals surface area contributed by atoms with Gasteiger partial charge in [-0.2, -0.15) is 0 Å². The van der Waals surface area contributed by atoms with E-state index in [4.69, 9.17) is 11.6 Å². The topological polar surface area (TPSA) is 45.2 Å². The number of halogens is 1. The van der Waals surface area contributed by atoms with Gasteiger partial charge in [-0.05, 0) is 69.0 Å². The molecular weight excluding hydrogens is 406 g/mol. The minimum atomic E-state index is -0.0749. The van der Waals surface area contributed by atoms with Gasteiger partial charge in [0.25, 0.3) is 0 Å². The maximum Gasteiger partial charge on any atom is 0.322 e. The van der Waals surface area contributed by atoms with Gasteiger partial charge in [-0.1, -0.05) is 54.6 Å². The molecule has 1 N–H and O–H groups in total. The number of hydrogen-bond donors (Lipinski definition) is 1. The van der Waals surface area contributed by atoms with Crippen molar-refractivity contribution in [1.82, 2.24) is 9.88 Å². The molecule has 4 rings (SSSR count). The van der Waals surface area contributed by atoms with Gasteiger partial charge in [-0.3, -0.25) is 0 Å². The molecule has 0 atom stereocenters. The third kappa shape index (κ3) is 5.01. The van der Waals surface area contributed by atoms with Crippen LogP contribution >= 0.6 is 11.6 Å². The minimum Gasteiger partial charge on any atom is -0.317 e. The van der Waals surface area contributed by atoms with Gasteiger partial charge in [-0.25, -0.2) is 9.78 Å². The normalized spacial score (nSPS) is 14.6. The third-order valence-corrected chi connectivity index (χ3v) is 6.49. The highest BCUT2D eigenvalue weighted by Crippen LogP contribution is 2.29. The van der Waals surface area contributed by atoms with E-state index in [-0.39, 0.29) is 12.1 Å². The van der Waals surface area contributed by atoms with E-state index < -0.39 is 0 Å². The summed E-state index contributed by atoms with van der Waals surface area (Å²) >= 11 is 6.61. The zero-order chi connectivity index (χ0) is 22.0. The van der Waals surface area contributed by atoms with E-state index in [2.05, 4.69) is 42.3 Å². The first-order valence-corrected chi connectivity index (χ1v) is 11.5. The molecule has 162 valence electrons. The number of nitrogens with one attached hydrogen (secondary N) is 1. The van der Waals surface area contributed by atoms with Gasteiger partial charge in [0, 0.05) is 22.7 Å². The lowest BCUT2D eigenvalue weighted by Gasteiger charge is -2.34. The molecule has 5 heteroatoms. The molecule has 1 aromatic heterocycles. The zero-order valence-corrected chi connectivity index (χ0v) is 19.3. The van der Waals surface area contributed by atoms with Gasteiger partial charge in [0.1, 0.15) is 5.15 Å². The number of anilines is 1. The molecule has 2 amide bonds. The van der Waals surface area contributed by atoms with Crippen LogP contribution in [0.25, 0.3) is 10.9 Å². The Morgan fingerprint density at radius 3 is 2.58 bits per heavy atom. The highest BCUT2D eigenvalue weighted by atomic mass is 35.5. The van der Waals surface area contributed by atoms with Crippen LogP contribution in [0.3, 0.4) is 0 Å². The van der Waals surface area contributed by atoms with E-state index in [0.717, 1.165) is 59.0 Å². The Hall–Kier alpha value is -2.59. The fraction of sp³-hybridized carbons (Fsp3) is 0.385. The van der Waals surface area contributed by atoms with Gasteiger partial charge < -0.3 is 10.2 Å². The summed E-state index contributed by atoms with van der Waals surface area (Å²) in [5, 5.41) is 4.64. The number of amides is 2. The average molecular weight is 436 g/mol. The van der Waals surface area contributed by atoms with Crippen molar-refractivity contribution in [3.05, 3.63) is 69.9 Å². The van der Waals surface area contributed by atoms with Crippen molar-refractivity contribution in [3.63, 3.8) is 0 Å². The monoisotopic (exact) mass is 435 g/mol. The summed E-state index contributed by atoms with van der Waals surface area (Å²) in [6.07, 6.45) is 5.60. The fourth-order valence-corrected chi connectivity index (χ4v) is 4.84. The third-order valence-electron chi connectivity index (χ3n) is 6.17. The number of carbonyl (C=O) groups excluding carboxylic acids is 1. The summed E-state index contributed by atoms with van der Waals surface area (Å²) in [6, 6.07) is 14.4. The van der Waals surface area contributed by atoms with E-state index in [1.807, 2.05) is 36.1 Å². The molecule has 3 aromatic rings. The van der Waals surface area contributed by atoms with Crippen LogP contribution in [0.15, 0.2) is 42.5 Å². The van der Waals surface area contributed by atoms with Crippen molar-refractivity contribution < 1.29 is 4.79 Å². The van der Waals surface area contributed by atoms with Gasteiger partial charge in [0.05, 0.1) is 12.1 Å². The van der Waals surface area contributed by atoms with Crippen molar-refractivity contribution in [2.75, 3.05) is 5.32 Å². The SMILES string of the molecule is Cc1cccc(NC(=O)N(Cc2cc3cc(C)cc(C)c3nc2Cl)C2CCCCC2)c1. The Balaban J connectivity index is 1.65. The van der Waals surface area contributed by atoms with Gasteiger partial charge in [-0.15, -0.1) is 0 Å². The molecule has 1 heterocycles. The summed E-state index contributed by atoms with van der Waals surface area (Å²) in [4.78, 5) is 20.0. The van der Waals surface area contributed by atoms with E-state index in [1.54, 1.807) is 0 Å². The second kappa shape index (κ2) is 9.27. The molecule has 2 aromatic carbocycles. The van der Waals surface area contributed by atoms with Gasteiger partial charge in [0.15, 0.2) is 0 Å². The number of aromatic nitrogens is 1. The number of aryl methyl sites for hydroxylation is 3. The quantitative estimate of drug-likeness (QED) is 0.441. The second-order valence-corrected chi connectivity index (χ2v) is 9.17. The van der Waals surface area contributed by atoms with Crippen LogP contribution in [0.5, 0.6) is 0 Å². The van der Waals surface area contributed by atoms with Crippen LogP contribution in [0.4, 0.5) is 10.5 Å². The highest BCUT2D eigenvalue weighted by Gasteiger charge is 2.27. The van der Waals surface area contributed by atoms with E-state index in [0.29, 0.717) is 11.7 Å². The summed E-state index contributed by atoms with van der Waals surface area (Å²) in [6.45, 7) is 6.63. The largest absolute Gasteiger partial charge is 0.322 e. The van der Waals surface area contributed by atoms with Crippen LogP contribution in [0.2, 0.25) is 5.15 Å². The van der Waals surface area contributed by atoms with Crippen molar-refractivity contribution >= 4 is 34.2 Å². The molecule has 1 aliphatic rings. The molecule has 0 unspecified atom stereocenters. The molecule has 31 heavy (non-hydrogen) atoms. The number of urea groups is 1. The molecular formula is C26H30ClN3O. The lowest BCUT2D eigenvalue weighted by atomic mass is 9.94. The number of fused-ring (bicyclic) bond motifs is 1. The number of rotatable bonds is 4. The molecule has 0 spiro atoms. The molecule has 1 fully saturated rings. The Kier molecular flexibility index (Phi) is 6.47. The van der Waals surface area contributed by atoms with Gasteiger partial charge >= 0.3 is 6.03 Å². The number of pyridine rings is 1. The van der Waals surface area contributed by atoms with Crippen LogP contribution < -0.4 is 5.32 Å². The predicted molar refractivity (Wildman–Crippen MR) is 129 cm³/mol. The Morgan fingerprint density at radius 2 is 1.84 bits per heavy atom. The summed E-state index contributed by atoms with van der Waals surface area (Å²) in [7, 11) is 0. The zero-order valence-electron chi connectivity index (χ0n) is 18.5. The molecule has 1 aliphatic carbocycles. The van der Waals surface area contributed by atoms with E-state index in [9.17, 15) is 4.79 Å². The van der Waals surface area contributed by atoms with Crippen molar-refractivity contribution in [2.24, 2.45) is 0 Å². The average Bonchev–Trinajstić information content (AvgIpc) is 2.73. The number of hydrogen-bond acceptors (Lipinski definition) is 2. The lowest BCUT2D eigenvalue weighted by molar-refractivity contribution is 0.163. The predicted octanol–water partition coefficient (Wildman–Crippen LogP) is 7.18. The molecule has 4 nitrogen and oxygen atoms in total. The number of nitrogens with zero attached hydrogens (tertiary/aromatic N) is 2. The summed E-state index contributed by atoms with van der Waals surface area (Å²) in [5.41, 5.74) is 6.07. The van der Waals surface area contributed by atoms with Crippen LogP contribution in [0.1, 0.15) is 54.4 Å². The smallest absolute Gasteiger partial charge is 0.317 e. The van der Waals surface area contributed by atoms with Crippen molar-refractivity contribution in [1.29, 1.82) is 0 Å². The maximum absolute atomic E-state index is 13.4. The first kappa shape index (κ1) is 21.6. The summed E-state index contributed by atoms with van der Waals surface area (Å²) in [5.74, 6) is 0. The Bertz CT molecular complexity index is 1110. The fourth-order valence-electron chi connectivity index (χ4n) is 4.64. The Labute approximate surface area is 189 Å². The highest BCUT2D eigenvalue weighted by molar-refractivity contribution is 6.30. The van der Waals surface area contributed by atoms with Crippen LogP contribution in [0, 0.1) is 20.8 Å². The standard InChI is InChI=1S/C26H30ClN3O/c1-17-8-7-9-22(14-17)28-26(31)30(23-10-5-4-6-11-23)16-21-15-20-13-18(2)12-19(3)24(20)29-25(21)27/h7-9,12-15,23H,4-6,10-11,16H2,1-3H3,(H,28,31). The van der Waals surface area contributed by atoms with Crippen molar-refractivity contribution in [2.45, 2.75) is 65.5 Å². The van der Waals surface area contributed by atoms with Gasteiger partial charge in [0.2, 0.25) is 0 Å². The van der Waals surface area contributed by atoms with Crippen molar-refractivity contribution in [3.8, 4) is 0 Å². The molecule has 0 bridgehead atoms. The molecule has 1 saturated carbocycles. The van der Waals surface area contributed by atoms with Crippen LogP contribution in [-0.2, 0) is 6.54 Å². The van der Waals surface area contributed by atoms with Crippen LogP contribution in [-0.4, -0.2) is 22.0 Å². The lowest BCUT2D eigenvalue weighted by Crippen LogP contribution is -2.43. The van der Waals surface area contributed by atoms with E-state index >= 15 is 0 Å². The Morgan fingerprint density at radius 1 is 1.06 bits per heavy atom. The molecule has 0 radical (unpaired) electrons. The first-order chi connectivity index (χ1) is 14.9.